The average Bonchev–Trinajstić information content (AvgIpc) is 3.57. The quantitative estimate of drug-likeness (QED) is 0.139. The molecule has 0 aliphatic carbocycles. The first-order valence-corrected chi connectivity index (χ1v) is 19.6. The zero-order valence-electron chi connectivity index (χ0n) is 31.1. The van der Waals surface area contributed by atoms with Crippen LogP contribution >= 0.6 is 22.9 Å². The van der Waals surface area contributed by atoms with Gasteiger partial charge in [0.2, 0.25) is 0 Å². The van der Waals surface area contributed by atoms with Crippen molar-refractivity contribution in [1.82, 2.24) is 0 Å². The van der Waals surface area contributed by atoms with E-state index in [1.54, 1.807) is 11.3 Å². The minimum Gasteiger partial charge on any atom is -0.308 e. The maximum atomic E-state index is 7.84. The van der Waals surface area contributed by atoms with Crippen molar-refractivity contribution < 1.29 is 0 Å². The predicted molar refractivity (Wildman–Crippen MR) is 228 cm³/mol. The summed E-state index contributed by atoms with van der Waals surface area (Å²) in [6, 6.07) is 48.5. The molecule has 0 N–H and O–H groups in total. The average molecular weight is 719 g/mol. The van der Waals surface area contributed by atoms with Gasteiger partial charge in [-0.15, -0.1) is 11.3 Å². The lowest BCUT2D eigenvalue weighted by Crippen LogP contribution is -2.16. The summed E-state index contributed by atoms with van der Waals surface area (Å²) in [5.41, 5.74) is 13.6. The molecule has 0 atom stereocenters. The van der Waals surface area contributed by atoms with E-state index in [0.717, 1.165) is 59.0 Å². The third-order valence-electron chi connectivity index (χ3n) is 9.83. The van der Waals surface area contributed by atoms with Crippen molar-refractivity contribution in [3.8, 4) is 11.1 Å². The van der Waals surface area contributed by atoms with E-state index in [1.807, 2.05) is 0 Å². The molecule has 0 amide bonds. The van der Waals surface area contributed by atoms with Gasteiger partial charge in [0.05, 0.1) is 27.8 Å². The number of unbranched alkanes of at least 4 members (excludes halogenated alkanes) is 1. The van der Waals surface area contributed by atoms with E-state index in [1.165, 1.54) is 37.9 Å². The molecule has 0 saturated heterocycles. The number of rotatable bonds is 10. The van der Waals surface area contributed by atoms with Crippen LogP contribution in [0, 0.1) is 13.8 Å². The standard InChI is InChI=1S/C48H47ClN2S/c1-7-8-15-35-22-26-42(40(30-35)36-16-11-9-12-17-36)50(39-24-20-33(2)21-25-39)43-28-34(3)29-44(47(43)49)51(38-18-13-10-14-19-38)45-32-52-46-27-23-37(31-41(45)46)48(4,5)6/h9-14,16-32H,7-8,15H2,1-6H3. The first kappa shape index (κ1) is 35.6. The van der Waals surface area contributed by atoms with Crippen molar-refractivity contribution in [3.05, 3.63) is 166 Å². The summed E-state index contributed by atoms with van der Waals surface area (Å²) >= 11 is 9.62. The molecule has 52 heavy (non-hydrogen) atoms. The number of nitrogens with zero attached hydrogens (tertiary/aromatic N) is 2. The fourth-order valence-corrected chi connectivity index (χ4v) is 8.15. The van der Waals surface area contributed by atoms with Crippen LogP contribution in [0.3, 0.4) is 0 Å². The fourth-order valence-electron chi connectivity index (χ4n) is 6.96. The molecule has 0 aliphatic rings. The molecule has 0 aliphatic heterocycles. The topological polar surface area (TPSA) is 6.48 Å². The number of aryl methyl sites for hydroxylation is 3. The molecule has 1 heterocycles. The summed E-state index contributed by atoms with van der Waals surface area (Å²) in [6.07, 6.45) is 3.37. The molecule has 7 rings (SSSR count). The summed E-state index contributed by atoms with van der Waals surface area (Å²) in [7, 11) is 0. The van der Waals surface area contributed by atoms with Crippen LogP contribution in [-0.4, -0.2) is 0 Å². The normalized spacial score (nSPS) is 11.6. The molecule has 1 aromatic heterocycles. The highest BCUT2D eigenvalue weighted by molar-refractivity contribution is 7.17. The first-order chi connectivity index (χ1) is 25.1. The molecule has 0 saturated carbocycles. The monoisotopic (exact) mass is 718 g/mol. The van der Waals surface area contributed by atoms with Crippen molar-refractivity contribution in [1.29, 1.82) is 0 Å². The van der Waals surface area contributed by atoms with Gasteiger partial charge in [0, 0.05) is 32.4 Å². The minimum atomic E-state index is 0.0240. The second-order valence-corrected chi connectivity index (χ2v) is 16.2. The third kappa shape index (κ3) is 7.26. The molecule has 0 fully saturated rings. The van der Waals surface area contributed by atoms with Crippen molar-refractivity contribution in [2.75, 3.05) is 9.80 Å². The second-order valence-electron chi connectivity index (χ2n) is 14.9. The maximum absolute atomic E-state index is 7.84. The molecule has 2 nitrogen and oxygen atoms in total. The number of thiophene rings is 1. The van der Waals surface area contributed by atoms with Crippen LogP contribution in [0.1, 0.15) is 62.8 Å². The molecule has 0 bridgehead atoms. The molecule has 6 aromatic carbocycles. The first-order valence-electron chi connectivity index (χ1n) is 18.3. The van der Waals surface area contributed by atoms with Gasteiger partial charge in [-0.1, -0.05) is 124 Å². The van der Waals surface area contributed by atoms with Gasteiger partial charge in [-0.25, -0.2) is 0 Å². The molecule has 0 radical (unpaired) electrons. The molecule has 0 unspecified atom stereocenters. The van der Waals surface area contributed by atoms with Crippen LogP contribution in [0.2, 0.25) is 5.02 Å². The number of halogens is 1. The lowest BCUT2D eigenvalue weighted by molar-refractivity contribution is 0.591. The summed E-state index contributed by atoms with van der Waals surface area (Å²) in [6.45, 7) is 13.4. The molecule has 0 spiro atoms. The van der Waals surface area contributed by atoms with Crippen LogP contribution in [0.5, 0.6) is 0 Å². The van der Waals surface area contributed by atoms with Crippen LogP contribution in [0.15, 0.2) is 139 Å². The largest absolute Gasteiger partial charge is 0.308 e. The van der Waals surface area contributed by atoms with Crippen molar-refractivity contribution >= 4 is 67.1 Å². The Morgan fingerprint density at radius 3 is 1.90 bits per heavy atom. The van der Waals surface area contributed by atoms with E-state index in [-0.39, 0.29) is 5.41 Å². The zero-order valence-corrected chi connectivity index (χ0v) is 32.7. The van der Waals surface area contributed by atoms with Crippen molar-refractivity contribution in [2.24, 2.45) is 0 Å². The third-order valence-corrected chi connectivity index (χ3v) is 11.2. The molecule has 262 valence electrons. The lowest BCUT2D eigenvalue weighted by atomic mass is 9.86. The number of hydrogen-bond acceptors (Lipinski definition) is 3. The Morgan fingerprint density at radius 2 is 1.25 bits per heavy atom. The SMILES string of the molecule is CCCCc1ccc(N(c2ccc(C)cc2)c2cc(C)cc(N(c3ccccc3)c3csc4ccc(C(C)(C)C)cc34)c2Cl)c(-c2ccccc2)c1. The molecular weight excluding hydrogens is 672 g/mol. The highest BCUT2D eigenvalue weighted by Crippen LogP contribution is 2.51. The Hall–Kier alpha value is -4.83. The Kier molecular flexibility index (Phi) is 10.3. The Labute approximate surface area is 319 Å². The van der Waals surface area contributed by atoms with Crippen LogP contribution in [0.25, 0.3) is 21.2 Å². The number of hydrogen-bond donors (Lipinski definition) is 0. The van der Waals surface area contributed by atoms with Gasteiger partial charge in [-0.2, -0.15) is 0 Å². The van der Waals surface area contributed by atoms with E-state index >= 15 is 0 Å². The number of fused-ring (bicyclic) bond motifs is 1. The van der Waals surface area contributed by atoms with Crippen molar-refractivity contribution in [3.63, 3.8) is 0 Å². The predicted octanol–water partition coefficient (Wildman–Crippen LogP) is 15.4. The number of benzene rings is 6. The van der Waals surface area contributed by atoms with E-state index in [4.69, 9.17) is 11.6 Å². The minimum absolute atomic E-state index is 0.0240. The molecule has 4 heteroatoms. The van der Waals surface area contributed by atoms with Gasteiger partial charge < -0.3 is 9.80 Å². The van der Waals surface area contributed by atoms with Crippen LogP contribution in [-0.2, 0) is 11.8 Å². The summed E-state index contributed by atoms with van der Waals surface area (Å²) in [5.74, 6) is 0. The lowest BCUT2D eigenvalue weighted by Gasteiger charge is -2.32. The van der Waals surface area contributed by atoms with E-state index in [0.29, 0.717) is 5.02 Å². The summed E-state index contributed by atoms with van der Waals surface area (Å²) in [5, 5.41) is 4.20. The molecule has 7 aromatic rings. The maximum Gasteiger partial charge on any atom is 0.0887 e. The van der Waals surface area contributed by atoms with Gasteiger partial charge in [-0.3, -0.25) is 0 Å². The van der Waals surface area contributed by atoms with Gasteiger partial charge in [0.25, 0.3) is 0 Å². The van der Waals surface area contributed by atoms with Gasteiger partial charge in [0.15, 0.2) is 0 Å². The van der Waals surface area contributed by atoms with E-state index in [9.17, 15) is 0 Å². The number of anilines is 6. The van der Waals surface area contributed by atoms with E-state index in [2.05, 4.69) is 190 Å². The van der Waals surface area contributed by atoms with E-state index < -0.39 is 0 Å². The zero-order chi connectivity index (χ0) is 36.4. The summed E-state index contributed by atoms with van der Waals surface area (Å²) < 4.78 is 1.25. The highest BCUT2D eigenvalue weighted by atomic mass is 35.5. The van der Waals surface area contributed by atoms with Crippen LogP contribution < -0.4 is 9.80 Å². The molecular formula is C48H47ClN2S. The van der Waals surface area contributed by atoms with Gasteiger partial charge in [-0.05, 0) is 115 Å². The van der Waals surface area contributed by atoms with Crippen LogP contribution in [0.4, 0.5) is 34.1 Å². The highest BCUT2D eigenvalue weighted by Gasteiger charge is 2.26. The fraction of sp³-hybridized carbons (Fsp3) is 0.208. The Bertz CT molecular complexity index is 2300. The summed E-state index contributed by atoms with van der Waals surface area (Å²) in [4.78, 5) is 4.71. The number of para-hydroxylation sites is 1. The second kappa shape index (κ2) is 15.0. The Morgan fingerprint density at radius 1 is 0.615 bits per heavy atom. The van der Waals surface area contributed by atoms with Gasteiger partial charge >= 0.3 is 0 Å². The van der Waals surface area contributed by atoms with Gasteiger partial charge in [0.1, 0.15) is 0 Å². The smallest absolute Gasteiger partial charge is 0.0887 e. The van der Waals surface area contributed by atoms with Crippen molar-refractivity contribution in [2.45, 2.75) is 66.2 Å². The Balaban J connectivity index is 1.49.